The van der Waals surface area contributed by atoms with Crippen LogP contribution in [0.1, 0.15) is 29.9 Å². The van der Waals surface area contributed by atoms with Gasteiger partial charge in [0.15, 0.2) is 0 Å². The standard InChI is InChI=1S/C14H16N2O/c17-13-6-4-11(5-7-13)9-14-15-10-12-3-1-2-8-16(12)14/h4-7,10,17H,1-3,8-9H2. The summed E-state index contributed by atoms with van der Waals surface area (Å²) >= 11 is 0. The molecule has 0 atom stereocenters. The third-order valence-electron chi connectivity index (χ3n) is 3.38. The average molecular weight is 228 g/mol. The number of benzene rings is 1. The molecule has 3 heteroatoms. The highest BCUT2D eigenvalue weighted by Gasteiger charge is 2.13. The molecule has 3 rings (SSSR count). The van der Waals surface area contributed by atoms with E-state index in [0.29, 0.717) is 5.75 Å². The Morgan fingerprint density at radius 2 is 2.00 bits per heavy atom. The molecule has 1 aliphatic rings. The van der Waals surface area contributed by atoms with Gasteiger partial charge in [0.05, 0.1) is 0 Å². The second kappa shape index (κ2) is 4.24. The predicted octanol–water partition coefficient (Wildman–Crippen LogP) is 2.52. The van der Waals surface area contributed by atoms with Crippen molar-refractivity contribution in [3.05, 3.63) is 47.5 Å². The van der Waals surface area contributed by atoms with E-state index in [4.69, 9.17) is 0 Å². The van der Waals surface area contributed by atoms with Crippen molar-refractivity contribution in [3.8, 4) is 5.75 Å². The number of aromatic hydroxyl groups is 1. The number of fused-ring (bicyclic) bond motifs is 1. The molecule has 88 valence electrons. The van der Waals surface area contributed by atoms with Gasteiger partial charge in [0.25, 0.3) is 0 Å². The fourth-order valence-corrected chi connectivity index (χ4v) is 2.44. The number of nitrogens with zero attached hydrogens (tertiary/aromatic N) is 2. The van der Waals surface area contributed by atoms with Gasteiger partial charge in [0.2, 0.25) is 0 Å². The fourth-order valence-electron chi connectivity index (χ4n) is 2.44. The zero-order valence-electron chi connectivity index (χ0n) is 9.76. The lowest BCUT2D eigenvalue weighted by Gasteiger charge is -2.16. The molecular formula is C14H16N2O. The zero-order chi connectivity index (χ0) is 11.7. The number of imidazole rings is 1. The minimum atomic E-state index is 0.318. The topological polar surface area (TPSA) is 38.1 Å². The highest BCUT2D eigenvalue weighted by atomic mass is 16.3. The summed E-state index contributed by atoms with van der Waals surface area (Å²) in [5.74, 6) is 1.46. The molecule has 17 heavy (non-hydrogen) atoms. The third-order valence-corrected chi connectivity index (χ3v) is 3.38. The van der Waals surface area contributed by atoms with Crippen LogP contribution in [0.4, 0.5) is 0 Å². The van der Waals surface area contributed by atoms with Gasteiger partial charge >= 0.3 is 0 Å². The van der Waals surface area contributed by atoms with Crippen LogP contribution in [0.3, 0.4) is 0 Å². The summed E-state index contributed by atoms with van der Waals surface area (Å²) < 4.78 is 2.34. The van der Waals surface area contributed by atoms with Gasteiger partial charge in [0.1, 0.15) is 11.6 Å². The van der Waals surface area contributed by atoms with Crippen LogP contribution in [0, 0.1) is 0 Å². The molecule has 2 aromatic rings. The highest BCUT2D eigenvalue weighted by Crippen LogP contribution is 2.19. The number of aromatic nitrogens is 2. The first kappa shape index (κ1) is 10.4. The van der Waals surface area contributed by atoms with Crippen molar-refractivity contribution in [2.75, 3.05) is 0 Å². The number of hydrogen-bond acceptors (Lipinski definition) is 2. The second-order valence-electron chi connectivity index (χ2n) is 4.62. The van der Waals surface area contributed by atoms with E-state index in [2.05, 4.69) is 9.55 Å². The van der Waals surface area contributed by atoms with E-state index in [1.54, 1.807) is 12.1 Å². The van der Waals surface area contributed by atoms with E-state index in [1.165, 1.54) is 24.1 Å². The predicted molar refractivity (Wildman–Crippen MR) is 66.1 cm³/mol. The van der Waals surface area contributed by atoms with Crippen molar-refractivity contribution >= 4 is 0 Å². The van der Waals surface area contributed by atoms with Crippen LogP contribution in [-0.4, -0.2) is 14.7 Å². The molecule has 0 aliphatic carbocycles. The first-order valence-electron chi connectivity index (χ1n) is 6.14. The lowest BCUT2D eigenvalue weighted by atomic mass is 10.1. The van der Waals surface area contributed by atoms with Gasteiger partial charge in [-0.1, -0.05) is 12.1 Å². The van der Waals surface area contributed by atoms with Crippen LogP contribution in [0.5, 0.6) is 5.75 Å². The van der Waals surface area contributed by atoms with Crippen molar-refractivity contribution in [1.82, 2.24) is 9.55 Å². The molecule has 1 aliphatic heterocycles. The highest BCUT2D eigenvalue weighted by molar-refractivity contribution is 5.28. The summed E-state index contributed by atoms with van der Waals surface area (Å²) in [5, 5.41) is 9.25. The molecule has 0 bridgehead atoms. The smallest absolute Gasteiger partial charge is 0.115 e. The van der Waals surface area contributed by atoms with E-state index < -0.39 is 0 Å². The third kappa shape index (κ3) is 2.05. The summed E-state index contributed by atoms with van der Waals surface area (Å²) in [6.45, 7) is 1.10. The van der Waals surface area contributed by atoms with E-state index in [0.717, 1.165) is 25.2 Å². The zero-order valence-corrected chi connectivity index (χ0v) is 9.76. The normalized spacial score (nSPS) is 14.6. The van der Waals surface area contributed by atoms with E-state index >= 15 is 0 Å². The van der Waals surface area contributed by atoms with Crippen molar-refractivity contribution in [2.45, 2.75) is 32.2 Å². The lowest BCUT2D eigenvalue weighted by Crippen LogP contribution is -2.12. The summed E-state index contributed by atoms with van der Waals surface area (Å²) in [6, 6.07) is 7.38. The van der Waals surface area contributed by atoms with E-state index in [-0.39, 0.29) is 0 Å². The average Bonchev–Trinajstić information content (AvgIpc) is 2.76. The fraction of sp³-hybridized carbons (Fsp3) is 0.357. The number of phenolic OH excluding ortho intramolecular Hbond substituents is 1. The molecule has 0 amide bonds. The van der Waals surface area contributed by atoms with Crippen LogP contribution in [0.2, 0.25) is 0 Å². The summed E-state index contributed by atoms with van der Waals surface area (Å²) in [7, 11) is 0. The van der Waals surface area contributed by atoms with Crippen LogP contribution in [0.15, 0.2) is 30.5 Å². The Morgan fingerprint density at radius 1 is 1.18 bits per heavy atom. The minimum Gasteiger partial charge on any atom is -0.508 e. The van der Waals surface area contributed by atoms with Gasteiger partial charge in [-0.25, -0.2) is 4.98 Å². The first-order chi connectivity index (χ1) is 8.33. The first-order valence-corrected chi connectivity index (χ1v) is 6.14. The van der Waals surface area contributed by atoms with Gasteiger partial charge in [-0.2, -0.15) is 0 Å². The SMILES string of the molecule is Oc1ccc(Cc2ncc3n2CCCC3)cc1. The van der Waals surface area contributed by atoms with Crippen LogP contribution in [-0.2, 0) is 19.4 Å². The molecule has 1 N–H and O–H groups in total. The van der Waals surface area contributed by atoms with Gasteiger partial charge in [-0.05, 0) is 37.0 Å². The quantitative estimate of drug-likeness (QED) is 0.857. The minimum absolute atomic E-state index is 0.318. The maximum Gasteiger partial charge on any atom is 0.115 e. The Labute approximate surface area is 101 Å². The van der Waals surface area contributed by atoms with Crippen molar-refractivity contribution in [3.63, 3.8) is 0 Å². The summed E-state index contributed by atoms with van der Waals surface area (Å²) in [6.07, 6.45) is 6.55. The largest absolute Gasteiger partial charge is 0.508 e. The van der Waals surface area contributed by atoms with Crippen LogP contribution >= 0.6 is 0 Å². The van der Waals surface area contributed by atoms with Gasteiger partial charge in [-0.15, -0.1) is 0 Å². The molecule has 0 unspecified atom stereocenters. The Balaban J connectivity index is 1.85. The molecule has 0 spiro atoms. The number of rotatable bonds is 2. The Morgan fingerprint density at radius 3 is 2.82 bits per heavy atom. The van der Waals surface area contributed by atoms with Gasteiger partial charge in [0, 0.05) is 24.9 Å². The molecule has 1 aromatic carbocycles. The molecule has 0 saturated heterocycles. The lowest BCUT2D eigenvalue weighted by molar-refractivity contribution is 0.475. The Bertz CT molecular complexity index is 514. The Kier molecular flexibility index (Phi) is 2.59. The molecule has 3 nitrogen and oxygen atoms in total. The maximum atomic E-state index is 9.25. The molecule has 0 saturated carbocycles. The van der Waals surface area contributed by atoms with Crippen molar-refractivity contribution < 1.29 is 5.11 Å². The molecular weight excluding hydrogens is 212 g/mol. The van der Waals surface area contributed by atoms with E-state index in [9.17, 15) is 5.11 Å². The van der Waals surface area contributed by atoms with Crippen molar-refractivity contribution in [2.24, 2.45) is 0 Å². The number of phenols is 1. The number of aryl methyl sites for hydroxylation is 1. The molecule has 2 heterocycles. The monoisotopic (exact) mass is 228 g/mol. The van der Waals surface area contributed by atoms with Crippen molar-refractivity contribution in [1.29, 1.82) is 0 Å². The van der Waals surface area contributed by atoms with Gasteiger partial charge < -0.3 is 9.67 Å². The summed E-state index contributed by atoms with van der Waals surface area (Å²) in [4.78, 5) is 4.52. The van der Waals surface area contributed by atoms with Crippen LogP contribution < -0.4 is 0 Å². The summed E-state index contributed by atoms with van der Waals surface area (Å²) in [5.41, 5.74) is 2.56. The van der Waals surface area contributed by atoms with E-state index in [1.807, 2.05) is 18.3 Å². The second-order valence-corrected chi connectivity index (χ2v) is 4.62. The Hall–Kier alpha value is -1.77. The molecule has 1 aromatic heterocycles. The van der Waals surface area contributed by atoms with Gasteiger partial charge in [-0.3, -0.25) is 0 Å². The molecule has 0 fully saturated rings. The van der Waals surface area contributed by atoms with Crippen LogP contribution in [0.25, 0.3) is 0 Å². The number of hydrogen-bond donors (Lipinski definition) is 1. The maximum absolute atomic E-state index is 9.25. The molecule has 0 radical (unpaired) electrons.